The minimum absolute atomic E-state index is 0.0958. The van der Waals surface area contributed by atoms with Gasteiger partial charge >= 0.3 is 0 Å². The van der Waals surface area contributed by atoms with Crippen LogP contribution in [0.5, 0.6) is 0 Å². The zero-order chi connectivity index (χ0) is 12.4. The molecule has 1 saturated heterocycles. The second-order valence-corrected chi connectivity index (χ2v) is 6.88. The number of hydrogen-bond donors (Lipinski definition) is 1. The number of likely N-dealkylation sites (tertiary alicyclic amines) is 1. The van der Waals surface area contributed by atoms with E-state index in [0.29, 0.717) is 19.5 Å². The third-order valence-electron chi connectivity index (χ3n) is 5.03. The van der Waals surface area contributed by atoms with Crippen LogP contribution in [-0.2, 0) is 4.79 Å². The minimum Gasteiger partial charge on any atom is -0.388 e. The van der Waals surface area contributed by atoms with Crippen molar-refractivity contribution in [2.24, 2.45) is 16.7 Å². The van der Waals surface area contributed by atoms with Crippen LogP contribution in [0.2, 0.25) is 0 Å². The van der Waals surface area contributed by atoms with Crippen LogP contribution >= 0.6 is 0 Å². The molecule has 1 heterocycles. The highest BCUT2D eigenvalue weighted by Gasteiger charge is 2.69. The zero-order valence-corrected chi connectivity index (χ0v) is 11.0. The van der Waals surface area contributed by atoms with Crippen LogP contribution in [0.3, 0.4) is 0 Å². The Balaban J connectivity index is 2.07. The summed E-state index contributed by atoms with van der Waals surface area (Å²) in [6.07, 6.45) is 0.701. The van der Waals surface area contributed by atoms with E-state index < -0.39 is 5.60 Å². The molecule has 16 heavy (non-hydrogen) atoms. The van der Waals surface area contributed by atoms with Gasteiger partial charge in [-0.25, -0.2) is 0 Å². The maximum Gasteiger partial charge on any atom is 0.226 e. The molecule has 3 nitrogen and oxygen atoms in total. The quantitative estimate of drug-likeness (QED) is 0.737. The summed E-state index contributed by atoms with van der Waals surface area (Å²) in [6, 6.07) is 0. The fraction of sp³-hybridized carbons (Fsp3) is 0.923. The molecule has 2 fully saturated rings. The number of nitrogens with zero attached hydrogens (tertiary/aromatic N) is 1. The van der Waals surface area contributed by atoms with Crippen molar-refractivity contribution < 1.29 is 9.90 Å². The van der Waals surface area contributed by atoms with Gasteiger partial charge in [0.2, 0.25) is 5.91 Å². The van der Waals surface area contributed by atoms with Crippen LogP contribution in [0.4, 0.5) is 0 Å². The average Bonchev–Trinajstić information content (AvgIpc) is 2.43. The number of carbonyl (C=O) groups excluding carboxylic acids is 1. The number of carbonyl (C=O) groups is 1. The first-order valence-electron chi connectivity index (χ1n) is 6.11. The van der Waals surface area contributed by atoms with E-state index in [4.69, 9.17) is 0 Å². The van der Waals surface area contributed by atoms with E-state index in [2.05, 4.69) is 27.7 Å². The molecule has 92 valence electrons. The first-order valence-corrected chi connectivity index (χ1v) is 6.11. The molecule has 1 unspecified atom stereocenters. The van der Waals surface area contributed by atoms with Gasteiger partial charge in [-0.05, 0) is 24.2 Å². The molecule has 1 aliphatic heterocycles. The van der Waals surface area contributed by atoms with E-state index in [1.807, 2.05) is 11.8 Å². The molecule has 1 saturated carbocycles. The van der Waals surface area contributed by atoms with Crippen LogP contribution in [0.15, 0.2) is 0 Å². The predicted molar refractivity (Wildman–Crippen MR) is 62.9 cm³/mol. The highest BCUT2D eigenvalue weighted by molar-refractivity contribution is 5.84. The Bertz CT molecular complexity index is 317. The molecule has 1 amide bonds. The molecule has 3 heteroatoms. The Kier molecular flexibility index (Phi) is 2.24. The van der Waals surface area contributed by atoms with Gasteiger partial charge in [0.1, 0.15) is 0 Å². The van der Waals surface area contributed by atoms with Gasteiger partial charge in [0, 0.05) is 19.0 Å². The van der Waals surface area contributed by atoms with Crippen molar-refractivity contribution in [1.29, 1.82) is 0 Å². The van der Waals surface area contributed by atoms with Gasteiger partial charge in [-0.15, -0.1) is 0 Å². The topological polar surface area (TPSA) is 40.5 Å². The Morgan fingerprint density at radius 3 is 2.00 bits per heavy atom. The third kappa shape index (κ3) is 1.48. The normalized spacial score (nSPS) is 36.5. The van der Waals surface area contributed by atoms with Crippen molar-refractivity contribution in [2.75, 3.05) is 13.1 Å². The van der Waals surface area contributed by atoms with Gasteiger partial charge in [0.25, 0.3) is 0 Å². The SMILES string of the molecule is CC1(O)CCN(C(=O)C2C(C)(C)C2(C)C)C1. The zero-order valence-electron chi connectivity index (χ0n) is 11.0. The highest BCUT2D eigenvalue weighted by atomic mass is 16.3. The summed E-state index contributed by atoms with van der Waals surface area (Å²) in [4.78, 5) is 14.2. The van der Waals surface area contributed by atoms with Crippen molar-refractivity contribution in [3.8, 4) is 0 Å². The minimum atomic E-state index is -0.682. The average molecular weight is 225 g/mol. The molecule has 2 aliphatic rings. The lowest BCUT2D eigenvalue weighted by Crippen LogP contribution is -2.35. The molecule has 2 rings (SSSR count). The summed E-state index contributed by atoms with van der Waals surface area (Å²) >= 11 is 0. The molecule has 1 atom stereocenters. The van der Waals surface area contributed by atoms with Gasteiger partial charge in [0.15, 0.2) is 0 Å². The highest BCUT2D eigenvalue weighted by Crippen LogP contribution is 2.68. The largest absolute Gasteiger partial charge is 0.388 e. The fourth-order valence-electron chi connectivity index (χ4n) is 3.13. The summed E-state index contributed by atoms with van der Waals surface area (Å²) in [7, 11) is 0. The molecule has 0 aromatic rings. The molecule has 0 spiro atoms. The Morgan fingerprint density at radius 1 is 1.19 bits per heavy atom. The second-order valence-electron chi connectivity index (χ2n) is 6.88. The van der Waals surface area contributed by atoms with E-state index in [1.165, 1.54) is 0 Å². The van der Waals surface area contributed by atoms with Crippen LogP contribution < -0.4 is 0 Å². The van der Waals surface area contributed by atoms with Crippen molar-refractivity contribution in [3.63, 3.8) is 0 Å². The van der Waals surface area contributed by atoms with Crippen LogP contribution in [-0.4, -0.2) is 34.6 Å². The molecule has 0 aromatic carbocycles. The second kappa shape index (κ2) is 3.00. The fourth-order valence-corrected chi connectivity index (χ4v) is 3.13. The lowest BCUT2D eigenvalue weighted by molar-refractivity contribution is -0.133. The molecule has 0 radical (unpaired) electrons. The Morgan fingerprint density at radius 2 is 1.69 bits per heavy atom. The summed E-state index contributed by atoms with van der Waals surface area (Å²) in [6.45, 7) is 11.6. The number of hydrogen-bond acceptors (Lipinski definition) is 2. The van der Waals surface area contributed by atoms with Gasteiger partial charge < -0.3 is 10.0 Å². The van der Waals surface area contributed by atoms with E-state index in [1.54, 1.807) is 0 Å². The monoisotopic (exact) mass is 225 g/mol. The molecular formula is C13H23NO2. The number of β-amino-alcohol motifs (C(OH)–C–C–N with tert-alkyl or cyclic N) is 1. The molecule has 1 N–H and O–H groups in total. The van der Waals surface area contributed by atoms with E-state index in [0.717, 1.165) is 0 Å². The lowest BCUT2D eigenvalue weighted by atomic mass is 10.0. The van der Waals surface area contributed by atoms with Crippen molar-refractivity contribution in [1.82, 2.24) is 4.90 Å². The van der Waals surface area contributed by atoms with Crippen LogP contribution in [0, 0.1) is 16.7 Å². The van der Waals surface area contributed by atoms with Gasteiger partial charge in [0.05, 0.1) is 5.60 Å². The predicted octanol–water partition coefficient (Wildman–Crippen LogP) is 1.65. The Labute approximate surface area is 97.8 Å². The van der Waals surface area contributed by atoms with E-state index in [-0.39, 0.29) is 22.7 Å². The maximum absolute atomic E-state index is 12.3. The summed E-state index contributed by atoms with van der Waals surface area (Å²) in [5.74, 6) is 0.349. The van der Waals surface area contributed by atoms with Crippen molar-refractivity contribution >= 4 is 5.91 Å². The molecule has 1 aliphatic carbocycles. The van der Waals surface area contributed by atoms with E-state index in [9.17, 15) is 9.90 Å². The van der Waals surface area contributed by atoms with Crippen molar-refractivity contribution in [3.05, 3.63) is 0 Å². The van der Waals surface area contributed by atoms with Crippen LogP contribution in [0.1, 0.15) is 41.0 Å². The van der Waals surface area contributed by atoms with Crippen molar-refractivity contribution in [2.45, 2.75) is 46.6 Å². The molecule has 0 bridgehead atoms. The summed E-state index contributed by atoms with van der Waals surface area (Å²) < 4.78 is 0. The lowest BCUT2D eigenvalue weighted by Gasteiger charge is -2.20. The van der Waals surface area contributed by atoms with Crippen LogP contribution in [0.25, 0.3) is 0 Å². The summed E-state index contributed by atoms with van der Waals surface area (Å²) in [5.41, 5.74) is -0.490. The standard InChI is InChI=1S/C13H23NO2/c1-11(2)9(12(11,3)4)10(15)14-7-6-13(5,16)8-14/h9,16H,6-8H2,1-5H3. The third-order valence-corrected chi connectivity index (χ3v) is 5.03. The van der Waals surface area contributed by atoms with Gasteiger partial charge in [-0.1, -0.05) is 27.7 Å². The number of amides is 1. The number of aliphatic hydroxyl groups is 1. The molecular weight excluding hydrogens is 202 g/mol. The molecule has 0 aromatic heterocycles. The first-order chi connectivity index (χ1) is 7.09. The maximum atomic E-state index is 12.3. The Hall–Kier alpha value is -0.570. The smallest absolute Gasteiger partial charge is 0.226 e. The first kappa shape index (κ1) is 11.9. The number of rotatable bonds is 1. The van der Waals surface area contributed by atoms with Gasteiger partial charge in [-0.3, -0.25) is 4.79 Å². The van der Waals surface area contributed by atoms with Gasteiger partial charge in [-0.2, -0.15) is 0 Å². The summed E-state index contributed by atoms with van der Waals surface area (Å²) in [5, 5.41) is 9.88. The van der Waals surface area contributed by atoms with E-state index >= 15 is 0 Å².